The van der Waals surface area contributed by atoms with E-state index in [0.717, 1.165) is 12.8 Å². The number of hydrogen-bond acceptors (Lipinski definition) is 5. The topological polar surface area (TPSA) is 114 Å². The van der Waals surface area contributed by atoms with Gasteiger partial charge in [-0.1, -0.05) is 0 Å². The van der Waals surface area contributed by atoms with Gasteiger partial charge >= 0.3 is 0 Å². The first-order chi connectivity index (χ1) is 16.3. The number of imidazole rings is 1. The lowest BCUT2D eigenvalue weighted by atomic mass is 9.91. The summed E-state index contributed by atoms with van der Waals surface area (Å²) in [5.41, 5.74) is 6.00. The Morgan fingerprint density at radius 1 is 1.24 bits per heavy atom. The fourth-order valence-corrected chi connectivity index (χ4v) is 4.42. The minimum Gasteiger partial charge on any atom is -0.324 e. The number of anilines is 1. The molecule has 1 unspecified atom stereocenters. The monoisotopic (exact) mass is 473 g/mol. The van der Waals surface area contributed by atoms with E-state index in [1.165, 1.54) is 29.2 Å². The summed E-state index contributed by atoms with van der Waals surface area (Å²) in [4.78, 5) is 20.4. The normalized spacial score (nSPS) is 20.9. The van der Waals surface area contributed by atoms with E-state index >= 15 is 4.39 Å². The first-order valence-corrected chi connectivity index (χ1v) is 10.9. The molecule has 0 spiro atoms. The smallest absolute Gasteiger partial charge is 0.267 e. The molecule has 12 heteroatoms. The summed E-state index contributed by atoms with van der Waals surface area (Å²) in [5, 5.41) is 9.49. The molecule has 34 heavy (non-hydrogen) atoms. The highest BCUT2D eigenvalue weighted by molar-refractivity contribution is 5.98. The Morgan fingerprint density at radius 2 is 2.00 bits per heavy atom. The van der Waals surface area contributed by atoms with Crippen molar-refractivity contribution >= 4 is 28.3 Å². The number of amides is 1. The highest BCUT2D eigenvalue weighted by Gasteiger charge is 2.44. The Bertz CT molecular complexity index is 1440. The van der Waals surface area contributed by atoms with Crippen molar-refractivity contribution in [3.63, 3.8) is 0 Å². The lowest BCUT2D eigenvalue weighted by Gasteiger charge is -2.19. The molecule has 3 heterocycles. The number of fused-ring (bicyclic) bond motifs is 2. The summed E-state index contributed by atoms with van der Waals surface area (Å²) in [6.45, 7) is 0. The first-order valence-electron chi connectivity index (χ1n) is 10.9. The van der Waals surface area contributed by atoms with Crippen LogP contribution >= 0.6 is 0 Å². The number of rotatable bonds is 6. The maximum Gasteiger partial charge on any atom is 0.267 e. The molecular formula is C22H19F4N7O. The van der Waals surface area contributed by atoms with Crippen LogP contribution in [0.4, 0.5) is 23.4 Å². The van der Waals surface area contributed by atoms with Crippen LogP contribution in [-0.4, -0.2) is 36.6 Å². The van der Waals surface area contributed by atoms with Gasteiger partial charge in [-0.3, -0.25) is 14.9 Å². The number of aromatic nitrogens is 5. The van der Waals surface area contributed by atoms with Crippen molar-refractivity contribution in [2.24, 2.45) is 17.6 Å². The largest absolute Gasteiger partial charge is 0.324 e. The third-order valence-electron chi connectivity index (χ3n) is 6.50. The zero-order valence-electron chi connectivity index (χ0n) is 17.6. The number of carbonyl (C=O) groups is 1. The summed E-state index contributed by atoms with van der Waals surface area (Å²) in [5.74, 6) is -2.03. The molecule has 1 aromatic carbocycles. The Hall–Kier alpha value is -3.54. The van der Waals surface area contributed by atoms with Crippen LogP contribution < -0.4 is 11.1 Å². The lowest BCUT2D eigenvalue weighted by Crippen LogP contribution is -2.17. The van der Waals surface area contributed by atoms with Gasteiger partial charge in [0.15, 0.2) is 11.5 Å². The second kappa shape index (κ2) is 7.49. The van der Waals surface area contributed by atoms with Gasteiger partial charge in [0.1, 0.15) is 12.0 Å². The van der Waals surface area contributed by atoms with Gasteiger partial charge in [0.25, 0.3) is 6.43 Å². The minimum absolute atomic E-state index is 0.00833. The summed E-state index contributed by atoms with van der Waals surface area (Å²) in [6.07, 6.45) is 3.07. The van der Waals surface area contributed by atoms with E-state index in [-0.39, 0.29) is 45.9 Å². The van der Waals surface area contributed by atoms with Crippen LogP contribution in [0.3, 0.4) is 0 Å². The number of nitrogens with one attached hydrogen (secondary N) is 2. The Balaban J connectivity index is 1.47. The predicted molar refractivity (Wildman–Crippen MR) is 114 cm³/mol. The van der Waals surface area contributed by atoms with Crippen LogP contribution in [0.15, 0.2) is 24.8 Å². The van der Waals surface area contributed by atoms with Gasteiger partial charge in [-0.2, -0.15) is 5.10 Å². The van der Waals surface area contributed by atoms with Crippen LogP contribution in [-0.2, 0) is 4.79 Å². The molecule has 3 atom stereocenters. The van der Waals surface area contributed by atoms with E-state index in [1.54, 1.807) is 0 Å². The molecule has 0 radical (unpaired) electrons. The molecule has 4 N–H and O–H groups in total. The van der Waals surface area contributed by atoms with Gasteiger partial charge in [-0.15, -0.1) is 0 Å². The maximum absolute atomic E-state index is 15.6. The summed E-state index contributed by atoms with van der Waals surface area (Å²) < 4.78 is 58.6. The second-order valence-corrected chi connectivity index (χ2v) is 8.85. The standard InChI is InChI=1S/C22H19F4N7O/c23-11-3-9(11)22(34)31-13-7-33-6-12(28-5-14(33)30-13)15-10-4-29-32-20(10)17(19(27)8-1-2-8)18(24)16(15)21(25)26/h4-9,11,19,21H,1-3,27H2,(H,29,32)(H,31,34)/t9-,11+,19?/m1/s1. The van der Waals surface area contributed by atoms with Crippen LogP contribution in [0, 0.1) is 17.7 Å². The van der Waals surface area contributed by atoms with Crippen molar-refractivity contribution in [1.29, 1.82) is 0 Å². The molecule has 6 rings (SSSR count). The molecule has 1 amide bonds. The minimum atomic E-state index is -3.12. The van der Waals surface area contributed by atoms with Crippen molar-refractivity contribution < 1.29 is 22.4 Å². The zero-order chi connectivity index (χ0) is 23.7. The van der Waals surface area contributed by atoms with Crippen LogP contribution in [0.2, 0.25) is 0 Å². The molecule has 8 nitrogen and oxygen atoms in total. The van der Waals surface area contributed by atoms with Gasteiger partial charge in [0.05, 0.1) is 41.3 Å². The molecule has 0 saturated heterocycles. The molecule has 176 valence electrons. The van der Waals surface area contributed by atoms with Crippen molar-refractivity contribution in [3.8, 4) is 11.3 Å². The fraction of sp³-hybridized carbons (Fsp3) is 0.364. The number of benzene rings is 1. The van der Waals surface area contributed by atoms with Gasteiger partial charge in [-0.25, -0.2) is 22.5 Å². The number of alkyl halides is 3. The Labute approximate surface area is 189 Å². The number of aromatic amines is 1. The molecule has 2 saturated carbocycles. The first kappa shape index (κ1) is 21.0. The molecule has 3 aromatic heterocycles. The number of hydrogen-bond donors (Lipinski definition) is 3. The highest BCUT2D eigenvalue weighted by atomic mass is 19.3. The second-order valence-electron chi connectivity index (χ2n) is 8.85. The summed E-state index contributed by atoms with van der Waals surface area (Å²) in [6, 6.07) is -0.722. The Morgan fingerprint density at radius 3 is 2.68 bits per heavy atom. The summed E-state index contributed by atoms with van der Waals surface area (Å²) >= 11 is 0. The molecule has 0 bridgehead atoms. The van der Waals surface area contributed by atoms with Crippen molar-refractivity contribution in [2.45, 2.75) is 37.9 Å². The molecule has 2 aliphatic rings. The molecule has 2 aliphatic carbocycles. The molecule has 2 fully saturated rings. The van der Waals surface area contributed by atoms with E-state index in [9.17, 15) is 18.0 Å². The zero-order valence-corrected chi connectivity index (χ0v) is 17.6. The average Bonchev–Trinajstić information content (AvgIpc) is 3.68. The average molecular weight is 473 g/mol. The van der Waals surface area contributed by atoms with Crippen molar-refractivity contribution in [3.05, 3.63) is 41.7 Å². The molecule has 4 aromatic rings. The SMILES string of the molecule is NC(c1c(F)c(C(F)F)c(-c2cn3cc(NC(=O)[C@@H]4C[C@@H]4F)nc3cn2)c2cn[nH]c12)C1CC1. The number of carbonyl (C=O) groups excluding carboxylic acids is 1. The van der Waals surface area contributed by atoms with Crippen molar-refractivity contribution in [2.75, 3.05) is 5.32 Å². The fourth-order valence-electron chi connectivity index (χ4n) is 4.42. The van der Waals surface area contributed by atoms with Gasteiger partial charge in [0.2, 0.25) is 5.91 Å². The lowest BCUT2D eigenvalue weighted by molar-refractivity contribution is -0.117. The number of H-pyrrole nitrogens is 1. The van der Waals surface area contributed by atoms with E-state index in [4.69, 9.17) is 5.73 Å². The molecular weight excluding hydrogens is 454 g/mol. The van der Waals surface area contributed by atoms with Crippen LogP contribution in [0.1, 0.15) is 42.9 Å². The molecule has 0 aliphatic heterocycles. The number of nitrogens with two attached hydrogens (primary N) is 1. The van der Waals surface area contributed by atoms with E-state index in [2.05, 4.69) is 25.5 Å². The number of halogens is 4. The van der Waals surface area contributed by atoms with E-state index in [0.29, 0.717) is 5.65 Å². The van der Waals surface area contributed by atoms with Crippen LogP contribution in [0.25, 0.3) is 27.8 Å². The highest BCUT2D eigenvalue weighted by Crippen LogP contribution is 2.46. The van der Waals surface area contributed by atoms with E-state index < -0.39 is 41.8 Å². The predicted octanol–water partition coefficient (Wildman–Crippen LogP) is 4.06. The third-order valence-corrected chi connectivity index (χ3v) is 6.50. The Kier molecular flexibility index (Phi) is 4.63. The van der Waals surface area contributed by atoms with Crippen molar-refractivity contribution in [1.82, 2.24) is 24.6 Å². The van der Waals surface area contributed by atoms with Gasteiger partial charge in [0, 0.05) is 28.8 Å². The van der Waals surface area contributed by atoms with Gasteiger partial charge in [-0.05, 0) is 25.2 Å². The maximum atomic E-state index is 15.6. The third kappa shape index (κ3) is 3.31. The van der Waals surface area contributed by atoms with Crippen LogP contribution in [0.5, 0.6) is 0 Å². The van der Waals surface area contributed by atoms with E-state index in [1.807, 2.05) is 0 Å². The summed E-state index contributed by atoms with van der Waals surface area (Å²) in [7, 11) is 0. The quantitative estimate of drug-likeness (QED) is 0.366. The number of nitrogens with zero attached hydrogens (tertiary/aromatic N) is 4. The van der Waals surface area contributed by atoms with Gasteiger partial charge < -0.3 is 15.5 Å².